The molecule has 1 aromatic rings. The van der Waals surface area contributed by atoms with Gasteiger partial charge in [0, 0.05) is 13.1 Å². The second kappa shape index (κ2) is 6.47. The van der Waals surface area contributed by atoms with E-state index < -0.39 is 18.1 Å². The number of aromatic nitrogens is 1. The van der Waals surface area contributed by atoms with Crippen molar-refractivity contribution < 1.29 is 18.3 Å². The highest BCUT2D eigenvalue weighted by atomic mass is 35.5. The quantitative estimate of drug-likeness (QED) is 0.847. The number of hydrogen-bond donors (Lipinski definition) is 1. The second-order valence-electron chi connectivity index (χ2n) is 6.55. The summed E-state index contributed by atoms with van der Waals surface area (Å²) < 4.78 is 31.6. The van der Waals surface area contributed by atoms with Crippen molar-refractivity contribution in [1.82, 2.24) is 10.3 Å². The molecule has 0 aromatic carbocycles. The first-order chi connectivity index (χ1) is 10.6. The Labute approximate surface area is 139 Å². The fraction of sp³-hybridized carbons (Fsp3) is 0.600. The minimum atomic E-state index is -2.63. The van der Waals surface area contributed by atoms with Gasteiger partial charge in [0.25, 0.3) is 6.43 Å². The average molecular weight is 348 g/mol. The van der Waals surface area contributed by atoms with E-state index >= 15 is 0 Å². The summed E-state index contributed by atoms with van der Waals surface area (Å²) in [6, 6.07) is 1.25. The lowest BCUT2D eigenvalue weighted by Gasteiger charge is -2.41. The van der Waals surface area contributed by atoms with E-state index in [1.807, 2.05) is 0 Å². The van der Waals surface area contributed by atoms with Gasteiger partial charge < -0.3 is 15.0 Å². The van der Waals surface area contributed by atoms with Crippen LogP contribution in [-0.4, -0.2) is 35.8 Å². The number of amides is 1. The Balaban J connectivity index is 2.01. The van der Waals surface area contributed by atoms with Crippen LogP contribution < -0.4 is 10.2 Å². The fourth-order valence-corrected chi connectivity index (χ4v) is 2.60. The molecule has 1 aliphatic rings. The SMILES string of the molecule is Cc1cc(Cl)nc(N2CC(NC(=O)OC(C)(C)C)C2)c1C(F)F. The van der Waals surface area contributed by atoms with Crippen LogP contribution in [0.25, 0.3) is 0 Å². The Bertz CT molecular complexity index is 599. The number of aryl methyl sites for hydroxylation is 1. The maximum atomic E-state index is 13.2. The predicted octanol–water partition coefficient (Wildman–Crippen LogP) is 3.69. The lowest BCUT2D eigenvalue weighted by atomic mass is 10.1. The zero-order valence-corrected chi connectivity index (χ0v) is 14.2. The highest BCUT2D eigenvalue weighted by Gasteiger charge is 2.34. The Kier molecular flexibility index (Phi) is 4.98. The molecule has 5 nitrogen and oxygen atoms in total. The number of halogens is 3. The van der Waals surface area contributed by atoms with Gasteiger partial charge >= 0.3 is 6.09 Å². The minimum Gasteiger partial charge on any atom is -0.444 e. The van der Waals surface area contributed by atoms with Crippen molar-refractivity contribution >= 4 is 23.5 Å². The molecule has 1 fully saturated rings. The molecular formula is C15H20ClF2N3O2. The molecule has 2 rings (SSSR count). The van der Waals surface area contributed by atoms with Gasteiger partial charge in [0.1, 0.15) is 16.6 Å². The molecule has 0 bridgehead atoms. The number of nitrogens with one attached hydrogen (secondary N) is 1. The molecule has 0 spiro atoms. The molecule has 1 amide bonds. The van der Waals surface area contributed by atoms with Crippen molar-refractivity contribution in [3.63, 3.8) is 0 Å². The molecule has 0 radical (unpaired) electrons. The Morgan fingerprint density at radius 2 is 2.09 bits per heavy atom. The first-order valence-corrected chi connectivity index (χ1v) is 7.64. The lowest BCUT2D eigenvalue weighted by molar-refractivity contribution is 0.0495. The Morgan fingerprint density at radius 1 is 1.48 bits per heavy atom. The monoisotopic (exact) mass is 347 g/mol. The molecule has 128 valence electrons. The lowest BCUT2D eigenvalue weighted by Crippen LogP contribution is -2.60. The highest BCUT2D eigenvalue weighted by molar-refractivity contribution is 6.29. The molecule has 0 aliphatic carbocycles. The summed E-state index contributed by atoms with van der Waals surface area (Å²) in [5.74, 6) is 0.173. The van der Waals surface area contributed by atoms with Gasteiger partial charge in [-0.1, -0.05) is 11.6 Å². The number of hydrogen-bond acceptors (Lipinski definition) is 4. The third kappa shape index (κ3) is 4.43. The molecule has 2 heterocycles. The number of carbonyl (C=O) groups is 1. The van der Waals surface area contributed by atoms with Crippen LogP contribution in [0.1, 0.15) is 38.3 Å². The summed E-state index contributed by atoms with van der Waals surface area (Å²) in [6.45, 7) is 7.65. The molecule has 1 aliphatic heterocycles. The van der Waals surface area contributed by atoms with Crippen LogP contribution in [0.5, 0.6) is 0 Å². The van der Waals surface area contributed by atoms with E-state index in [9.17, 15) is 13.6 Å². The number of alkyl carbamates (subject to hydrolysis) is 1. The Hall–Kier alpha value is -1.63. The van der Waals surface area contributed by atoms with E-state index in [4.69, 9.17) is 16.3 Å². The van der Waals surface area contributed by atoms with Gasteiger partial charge in [-0.2, -0.15) is 0 Å². The second-order valence-corrected chi connectivity index (χ2v) is 6.94. The number of carbonyl (C=O) groups excluding carboxylic acids is 1. The van der Waals surface area contributed by atoms with Crippen LogP contribution in [0.3, 0.4) is 0 Å². The molecule has 0 saturated carbocycles. The summed E-state index contributed by atoms with van der Waals surface area (Å²) >= 11 is 5.87. The van der Waals surface area contributed by atoms with E-state index in [0.717, 1.165) is 0 Å². The van der Waals surface area contributed by atoms with Crippen LogP contribution in [0.2, 0.25) is 5.15 Å². The smallest absolute Gasteiger partial charge is 0.407 e. The first-order valence-electron chi connectivity index (χ1n) is 7.26. The molecular weight excluding hydrogens is 328 g/mol. The van der Waals surface area contributed by atoms with Gasteiger partial charge in [-0.25, -0.2) is 18.6 Å². The van der Waals surface area contributed by atoms with Gasteiger partial charge in [0.2, 0.25) is 0 Å². The summed E-state index contributed by atoms with van der Waals surface area (Å²) in [4.78, 5) is 17.4. The van der Waals surface area contributed by atoms with Crippen LogP contribution in [0.4, 0.5) is 19.4 Å². The zero-order chi connectivity index (χ0) is 17.4. The Morgan fingerprint density at radius 3 is 2.61 bits per heavy atom. The van der Waals surface area contributed by atoms with E-state index in [1.165, 1.54) is 6.07 Å². The van der Waals surface area contributed by atoms with Gasteiger partial charge in [0.05, 0.1) is 11.6 Å². The van der Waals surface area contributed by atoms with E-state index in [0.29, 0.717) is 18.7 Å². The van der Waals surface area contributed by atoms with E-state index in [1.54, 1.807) is 32.6 Å². The molecule has 1 N–H and O–H groups in total. The summed E-state index contributed by atoms with van der Waals surface area (Å²) in [7, 11) is 0. The molecule has 23 heavy (non-hydrogen) atoms. The molecule has 1 saturated heterocycles. The van der Waals surface area contributed by atoms with Gasteiger partial charge in [-0.15, -0.1) is 0 Å². The van der Waals surface area contributed by atoms with Gasteiger partial charge in [-0.3, -0.25) is 0 Å². The van der Waals surface area contributed by atoms with E-state index in [-0.39, 0.29) is 22.6 Å². The molecule has 1 aromatic heterocycles. The maximum absolute atomic E-state index is 13.2. The molecule has 0 atom stereocenters. The molecule has 0 unspecified atom stereocenters. The van der Waals surface area contributed by atoms with Crippen molar-refractivity contribution in [2.45, 2.75) is 45.8 Å². The number of rotatable bonds is 3. The largest absolute Gasteiger partial charge is 0.444 e. The zero-order valence-electron chi connectivity index (χ0n) is 13.5. The van der Waals surface area contributed by atoms with Crippen molar-refractivity contribution in [1.29, 1.82) is 0 Å². The predicted molar refractivity (Wildman–Crippen MR) is 84.3 cm³/mol. The summed E-state index contributed by atoms with van der Waals surface area (Å²) in [5.41, 5.74) is -0.300. The standard InChI is InChI=1S/C15H20ClF2N3O2/c1-8-5-10(16)20-13(11(8)12(17)18)21-6-9(7-21)19-14(22)23-15(2,3)4/h5,9,12H,6-7H2,1-4H3,(H,19,22). The van der Waals surface area contributed by atoms with Crippen LogP contribution in [0.15, 0.2) is 6.07 Å². The fourth-order valence-electron chi connectivity index (χ4n) is 2.35. The van der Waals surface area contributed by atoms with Crippen molar-refractivity contribution in [2.75, 3.05) is 18.0 Å². The molecule has 8 heteroatoms. The number of pyridine rings is 1. The van der Waals surface area contributed by atoms with Crippen molar-refractivity contribution in [3.8, 4) is 0 Å². The van der Waals surface area contributed by atoms with Crippen LogP contribution >= 0.6 is 11.6 Å². The maximum Gasteiger partial charge on any atom is 0.407 e. The number of ether oxygens (including phenoxy) is 1. The van der Waals surface area contributed by atoms with Crippen molar-refractivity contribution in [2.24, 2.45) is 0 Å². The minimum absolute atomic E-state index is 0.120. The van der Waals surface area contributed by atoms with Gasteiger partial charge in [0.15, 0.2) is 0 Å². The first kappa shape index (κ1) is 17.7. The van der Waals surface area contributed by atoms with Crippen molar-refractivity contribution in [3.05, 3.63) is 22.3 Å². The normalized spacial score (nSPS) is 15.6. The number of alkyl halides is 2. The topological polar surface area (TPSA) is 54.5 Å². The van der Waals surface area contributed by atoms with E-state index in [2.05, 4.69) is 10.3 Å². The summed E-state index contributed by atoms with van der Waals surface area (Å²) in [5, 5.41) is 2.87. The highest BCUT2D eigenvalue weighted by Crippen LogP contribution is 2.34. The van der Waals surface area contributed by atoms with Gasteiger partial charge in [-0.05, 0) is 39.3 Å². The van der Waals surface area contributed by atoms with Crippen LogP contribution in [0, 0.1) is 6.92 Å². The number of anilines is 1. The third-order valence-corrected chi connectivity index (χ3v) is 3.53. The number of nitrogens with zero attached hydrogens (tertiary/aromatic N) is 2. The third-order valence-electron chi connectivity index (χ3n) is 3.33. The average Bonchev–Trinajstić information content (AvgIpc) is 2.29. The van der Waals surface area contributed by atoms with Crippen LogP contribution in [-0.2, 0) is 4.74 Å². The summed E-state index contributed by atoms with van der Waals surface area (Å²) in [6.07, 6.45) is -3.15.